The Morgan fingerprint density at radius 2 is 1.62 bits per heavy atom. The summed E-state index contributed by atoms with van der Waals surface area (Å²) >= 11 is 0. The van der Waals surface area contributed by atoms with Gasteiger partial charge >= 0.3 is 0 Å². The molecule has 1 N–H and O–H groups in total. The van der Waals surface area contributed by atoms with Crippen LogP contribution in [0.5, 0.6) is 0 Å². The number of benzene rings is 2. The highest BCUT2D eigenvalue weighted by Crippen LogP contribution is 2.30. The first-order chi connectivity index (χ1) is 13.9. The van der Waals surface area contributed by atoms with E-state index in [2.05, 4.69) is 5.32 Å². The molecule has 0 spiro atoms. The van der Waals surface area contributed by atoms with E-state index in [1.165, 1.54) is 10.7 Å². The van der Waals surface area contributed by atoms with Gasteiger partial charge in [-0.3, -0.25) is 4.79 Å². The Morgan fingerprint density at radius 3 is 2.31 bits per heavy atom. The van der Waals surface area contributed by atoms with Gasteiger partial charge in [0.25, 0.3) is 0 Å². The number of carbonyl (C=O) groups excluding carboxylic acids is 1. The number of aryl methyl sites for hydroxylation is 1. The van der Waals surface area contributed by atoms with Crippen LogP contribution in [0.1, 0.15) is 48.8 Å². The molecule has 0 unspecified atom stereocenters. The molecule has 5 nitrogen and oxygen atoms in total. The van der Waals surface area contributed by atoms with Crippen LogP contribution in [0.15, 0.2) is 53.4 Å². The fraction of sp³-hybridized carbons (Fsp3) is 0.435. The number of fused-ring (bicyclic) bond motifs is 1. The molecule has 1 aliphatic heterocycles. The van der Waals surface area contributed by atoms with Crippen LogP contribution in [0.4, 0.5) is 0 Å². The van der Waals surface area contributed by atoms with Crippen molar-refractivity contribution in [2.75, 3.05) is 0 Å². The molecule has 4 rings (SSSR count). The third-order valence-electron chi connectivity index (χ3n) is 6.09. The van der Waals surface area contributed by atoms with E-state index >= 15 is 0 Å². The second-order valence-electron chi connectivity index (χ2n) is 8.20. The van der Waals surface area contributed by atoms with Gasteiger partial charge in [-0.15, -0.1) is 0 Å². The molecule has 1 aliphatic carbocycles. The molecule has 1 heterocycles. The van der Waals surface area contributed by atoms with Gasteiger partial charge in [0.2, 0.25) is 15.9 Å². The molecule has 2 aliphatic rings. The third-order valence-corrected chi connectivity index (χ3v) is 7.96. The number of nitrogens with zero attached hydrogens (tertiary/aromatic N) is 1. The number of hydrogen-bond donors (Lipinski definition) is 1. The molecule has 154 valence electrons. The van der Waals surface area contributed by atoms with Crippen molar-refractivity contribution in [2.45, 2.75) is 69.0 Å². The average Bonchev–Trinajstić information content (AvgIpc) is 2.74. The van der Waals surface area contributed by atoms with E-state index < -0.39 is 16.1 Å². The number of rotatable bonds is 4. The van der Waals surface area contributed by atoms with Crippen molar-refractivity contribution in [1.82, 2.24) is 9.62 Å². The molecule has 2 aromatic rings. The second-order valence-corrected chi connectivity index (χ2v) is 10.1. The molecule has 0 aromatic heterocycles. The molecule has 29 heavy (non-hydrogen) atoms. The minimum atomic E-state index is -3.78. The van der Waals surface area contributed by atoms with Crippen molar-refractivity contribution in [1.29, 1.82) is 0 Å². The number of hydrogen-bond acceptors (Lipinski definition) is 3. The van der Waals surface area contributed by atoms with E-state index in [4.69, 9.17) is 0 Å². The molecule has 1 atom stereocenters. The Labute approximate surface area is 173 Å². The van der Waals surface area contributed by atoms with Crippen molar-refractivity contribution >= 4 is 15.9 Å². The summed E-state index contributed by atoms with van der Waals surface area (Å²) in [4.78, 5) is 13.4. The lowest BCUT2D eigenvalue weighted by molar-refractivity contribution is -0.126. The predicted octanol–water partition coefficient (Wildman–Crippen LogP) is 3.56. The van der Waals surface area contributed by atoms with E-state index in [1.54, 1.807) is 24.3 Å². The van der Waals surface area contributed by atoms with Gasteiger partial charge in [-0.1, -0.05) is 61.2 Å². The smallest absolute Gasteiger partial charge is 0.244 e. The second kappa shape index (κ2) is 8.28. The molecule has 1 fully saturated rings. The zero-order valence-corrected chi connectivity index (χ0v) is 17.6. The van der Waals surface area contributed by atoms with Gasteiger partial charge in [0, 0.05) is 12.6 Å². The Balaban J connectivity index is 1.66. The fourth-order valence-electron chi connectivity index (χ4n) is 4.36. The summed E-state index contributed by atoms with van der Waals surface area (Å²) in [5.74, 6) is -0.179. The number of amides is 1. The van der Waals surface area contributed by atoms with Gasteiger partial charge in [-0.25, -0.2) is 8.42 Å². The SMILES string of the molecule is Cc1ccc(S(=O)(=O)N2Cc3ccccc3C[C@H]2C(=O)NC2CCCCC2)cc1. The summed E-state index contributed by atoms with van der Waals surface area (Å²) < 4.78 is 28.3. The molecular weight excluding hydrogens is 384 g/mol. The van der Waals surface area contributed by atoms with Crippen molar-refractivity contribution in [3.05, 3.63) is 65.2 Å². The lowest BCUT2D eigenvalue weighted by atomic mass is 9.93. The van der Waals surface area contributed by atoms with E-state index in [9.17, 15) is 13.2 Å². The van der Waals surface area contributed by atoms with Crippen LogP contribution in [0.25, 0.3) is 0 Å². The molecule has 2 aromatic carbocycles. The van der Waals surface area contributed by atoms with Crippen LogP contribution < -0.4 is 5.32 Å². The highest BCUT2D eigenvalue weighted by atomic mass is 32.2. The standard InChI is InChI=1S/C23H28N2O3S/c1-17-11-13-21(14-12-17)29(27,28)25-16-19-8-6-5-7-18(19)15-22(25)23(26)24-20-9-3-2-4-10-20/h5-8,11-14,20,22H,2-4,9-10,15-16H2,1H3,(H,24,26)/t22-/m0/s1. The molecular formula is C23H28N2O3S. The van der Waals surface area contributed by atoms with Crippen LogP contribution in [-0.4, -0.2) is 30.7 Å². The average molecular weight is 413 g/mol. The summed E-state index contributed by atoms with van der Waals surface area (Å²) in [6.45, 7) is 2.14. The van der Waals surface area contributed by atoms with Gasteiger partial charge in [-0.05, 0) is 49.4 Å². The third kappa shape index (κ3) is 4.23. The maximum Gasteiger partial charge on any atom is 0.244 e. The maximum atomic E-state index is 13.5. The van der Waals surface area contributed by atoms with E-state index in [1.807, 2.05) is 31.2 Å². The molecule has 6 heteroatoms. The zero-order chi connectivity index (χ0) is 20.4. The normalized spacial score (nSPS) is 20.8. The van der Waals surface area contributed by atoms with Crippen LogP contribution >= 0.6 is 0 Å². The molecule has 0 radical (unpaired) electrons. The Bertz CT molecular complexity index is 979. The largest absolute Gasteiger partial charge is 0.352 e. The molecule has 0 bridgehead atoms. The van der Waals surface area contributed by atoms with Crippen molar-refractivity contribution in [3.8, 4) is 0 Å². The van der Waals surface area contributed by atoms with Gasteiger partial charge in [-0.2, -0.15) is 4.31 Å². The first-order valence-corrected chi connectivity index (χ1v) is 11.8. The van der Waals surface area contributed by atoms with Crippen molar-refractivity contribution < 1.29 is 13.2 Å². The van der Waals surface area contributed by atoms with E-state index in [-0.39, 0.29) is 23.4 Å². The summed E-state index contributed by atoms with van der Waals surface area (Å²) in [7, 11) is -3.78. The predicted molar refractivity (Wildman–Crippen MR) is 113 cm³/mol. The summed E-state index contributed by atoms with van der Waals surface area (Å²) in [5.41, 5.74) is 3.01. The topological polar surface area (TPSA) is 66.5 Å². The Kier molecular flexibility index (Phi) is 5.74. The van der Waals surface area contributed by atoms with Gasteiger partial charge < -0.3 is 5.32 Å². The fourth-order valence-corrected chi connectivity index (χ4v) is 5.93. The number of sulfonamides is 1. The van der Waals surface area contributed by atoms with Crippen LogP contribution in [0, 0.1) is 6.92 Å². The monoisotopic (exact) mass is 412 g/mol. The molecule has 1 saturated carbocycles. The highest BCUT2D eigenvalue weighted by molar-refractivity contribution is 7.89. The summed E-state index contributed by atoms with van der Waals surface area (Å²) in [6.07, 6.45) is 5.78. The van der Waals surface area contributed by atoms with Crippen LogP contribution in [0.2, 0.25) is 0 Å². The molecule has 0 saturated heterocycles. The minimum Gasteiger partial charge on any atom is -0.352 e. The lowest BCUT2D eigenvalue weighted by Gasteiger charge is -2.36. The summed E-state index contributed by atoms with van der Waals surface area (Å²) in [5, 5.41) is 3.14. The van der Waals surface area contributed by atoms with Crippen LogP contribution in [0.3, 0.4) is 0 Å². The lowest BCUT2D eigenvalue weighted by Crippen LogP contribution is -2.54. The minimum absolute atomic E-state index is 0.150. The quantitative estimate of drug-likeness (QED) is 0.835. The molecule has 1 amide bonds. The van der Waals surface area contributed by atoms with Gasteiger partial charge in [0.1, 0.15) is 6.04 Å². The van der Waals surface area contributed by atoms with Crippen molar-refractivity contribution in [3.63, 3.8) is 0 Å². The van der Waals surface area contributed by atoms with Crippen molar-refractivity contribution in [2.24, 2.45) is 0 Å². The first-order valence-electron chi connectivity index (χ1n) is 10.4. The Morgan fingerprint density at radius 1 is 0.966 bits per heavy atom. The van der Waals surface area contributed by atoms with E-state index in [0.29, 0.717) is 6.42 Å². The van der Waals surface area contributed by atoms with E-state index in [0.717, 1.165) is 42.4 Å². The summed E-state index contributed by atoms with van der Waals surface area (Å²) in [6, 6.07) is 14.1. The number of nitrogens with one attached hydrogen (secondary N) is 1. The first kappa shape index (κ1) is 20.1. The maximum absolute atomic E-state index is 13.5. The van der Waals surface area contributed by atoms with Crippen LogP contribution in [-0.2, 0) is 27.8 Å². The Hall–Kier alpha value is -2.18. The van der Waals surface area contributed by atoms with Gasteiger partial charge in [0.05, 0.1) is 4.90 Å². The highest BCUT2D eigenvalue weighted by Gasteiger charge is 2.40. The van der Waals surface area contributed by atoms with Gasteiger partial charge in [0.15, 0.2) is 0 Å². The zero-order valence-electron chi connectivity index (χ0n) is 16.8. The number of carbonyl (C=O) groups is 1.